The molecule has 2 atom stereocenters. The van der Waals surface area contributed by atoms with Crippen LogP contribution in [0.3, 0.4) is 0 Å². The highest BCUT2D eigenvalue weighted by Crippen LogP contribution is 2.25. The highest BCUT2D eigenvalue weighted by Gasteiger charge is 2.31. The Hall–Kier alpha value is -2.60. The van der Waals surface area contributed by atoms with E-state index < -0.39 is 0 Å². The number of nitrogens with one attached hydrogen (secondary N) is 1. The number of hydrogen-bond acceptors (Lipinski definition) is 5. The van der Waals surface area contributed by atoms with Gasteiger partial charge in [0.1, 0.15) is 12.0 Å². The second kappa shape index (κ2) is 8.86. The molecule has 1 saturated heterocycles. The Morgan fingerprint density at radius 1 is 1.11 bits per heavy atom. The van der Waals surface area contributed by atoms with Crippen molar-refractivity contribution >= 4 is 29.2 Å². The third-order valence-corrected chi connectivity index (χ3v) is 5.47. The second-order valence-corrected chi connectivity index (χ2v) is 7.73. The summed E-state index contributed by atoms with van der Waals surface area (Å²) in [5.41, 5.74) is 3.22. The lowest BCUT2D eigenvalue weighted by Crippen LogP contribution is -2.25. The summed E-state index contributed by atoms with van der Waals surface area (Å²) in [7, 11) is 0. The van der Waals surface area contributed by atoms with Crippen molar-refractivity contribution in [2.75, 3.05) is 6.61 Å². The number of benzene rings is 2. The van der Waals surface area contributed by atoms with Gasteiger partial charge >= 0.3 is 0 Å². The molecule has 2 unspecified atom stereocenters. The summed E-state index contributed by atoms with van der Waals surface area (Å²) < 4.78 is 5.87. The van der Waals surface area contributed by atoms with E-state index in [-0.39, 0.29) is 22.3 Å². The molecule has 0 saturated carbocycles. The van der Waals surface area contributed by atoms with Crippen LogP contribution in [-0.4, -0.2) is 29.3 Å². The van der Waals surface area contributed by atoms with Gasteiger partial charge in [0.15, 0.2) is 0 Å². The molecule has 0 aromatic heterocycles. The molecule has 2 aromatic rings. The summed E-state index contributed by atoms with van der Waals surface area (Å²) in [6.07, 6.45) is 1.82. The Bertz CT molecular complexity index is 817. The summed E-state index contributed by atoms with van der Waals surface area (Å²) >= 11 is 1.03. The number of amides is 2. The van der Waals surface area contributed by atoms with Crippen LogP contribution in [0.5, 0.6) is 5.75 Å². The lowest BCUT2D eigenvalue weighted by molar-refractivity contribution is -0.119. The topological polar surface area (TPSA) is 72.5 Å². The number of carbonyl (C=O) groups is 3. The first-order valence-corrected chi connectivity index (χ1v) is 9.66. The number of thioether (sulfide) groups is 1. The summed E-state index contributed by atoms with van der Waals surface area (Å²) in [4.78, 5) is 33.9. The first-order chi connectivity index (χ1) is 13.0. The normalized spacial score (nSPS) is 17.4. The average molecular weight is 383 g/mol. The molecular weight excluding hydrogens is 362 g/mol. The van der Waals surface area contributed by atoms with Gasteiger partial charge in [-0.1, -0.05) is 53.7 Å². The zero-order valence-electron chi connectivity index (χ0n) is 15.0. The molecule has 1 heterocycles. The number of aryl methyl sites for hydroxylation is 1. The molecule has 2 amide bonds. The van der Waals surface area contributed by atoms with Crippen molar-refractivity contribution < 1.29 is 19.1 Å². The molecular formula is C21H21NO4S. The minimum atomic E-state index is -0.372. The van der Waals surface area contributed by atoms with Crippen LogP contribution < -0.4 is 10.1 Å². The van der Waals surface area contributed by atoms with Crippen LogP contribution in [0.2, 0.25) is 0 Å². The van der Waals surface area contributed by atoms with Gasteiger partial charge in [-0.25, -0.2) is 0 Å². The van der Waals surface area contributed by atoms with Crippen molar-refractivity contribution in [1.29, 1.82) is 0 Å². The maximum absolute atomic E-state index is 11.6. The SMILES string of the molecule is Cc1ccc(C(CC=O)COc2ccc(CC3SC(=O)NC3=O)cc2)cc1. The Morgan fingerprint density at radius 2 is 1.81 bits per heavy atom. The van der Waals surface area contributed by atoms with E-state index >= 15 is 0 Å². The number of ether oxygens (including phenoxy) is 1. The molecule has 0 radical (unpaired) electrons. The number of imide groups is 1. The van der Waals surface area contributed by atoms with Gasteiger partial charge in [-0.15, -0.1) is 0 Å². The molecule has 140 valence electrons. The van der Waals surface area contributed by atoms with Gasteiger partial charge in [0.25, 0.3) is 5.24 Å². The Balaban J connectivity index is 1.58. The van der Waals surface area contributed by atoms with E-state index in [1.165, 1.54) is 5.56 Å². The highest BCUT2D eigenvalue weighted by atomic mass is 32.2. The van der Waals surface area contributed by atoms with E-state index in [1.54, 1.807) is 0 Å². The summed E-state index contributed by atoms with van der Waals surface area (Å²) in [5.74, 6) is 0.480. The number of rotatable bonds is 8. The Kier molecular flexibility index (Phi) is 6.29. The predicted octanol–water partition coefficient (Wildman–Crippen LogP) is 3.64. The molecule has 0 spiro atoms. The monoisotopic (exact) mass is 383 g/mol. The van der Waals surface area contributed by atoms with E-state index in [1.807, 2.05) is 55.5 Å². The van der Waals surface area contributed by atoms with Crippen LogP contribution in [0.15, 0.2) is 48.5 Å². The van der Waals surface area contributed by atoms with Crippen molar-refractivity contribution in [3.63, 3.8) is 0 Å². The molecule has 3 rings (SSSR count). The second-order valence-electron chi connectivity index (χ2n) is 6.55. The largest absolute Gasteiger partial charge is 0.493 e. The molecule has 6 heteroatoms. The third kappa shape index (κ3) is 5.20. The number of hydrogen-bond donors (Lipinski definition) is 1. The van der Waals surface area contributed by atoms with Gasteiger partial charge in [-0.3, -0.25) is 14.9 Å². The molecule has 5 nitrogen and oxygen atoms in total. The van der Waals surface area contributed by atoms with Gasteiger partial charge < -0.3 is 9.53 Å². The van der Waals surface area contributed by atoms with Crippen LogP contribution in [0, 0.1) is 6.92 Å². The lowest BCUT2D eigenvalue weighted by Gasteiger charge is -2.16. The molecule has 27 heavy (non-hydrogen) atoms. The zero-order chi connectivity index (χ0) is 19.2. The van der Waals surface area contributed by atoms with Gasteiger partial charge in [-0.05, 0) is 36.6 Å². The summed E-state index contributed by atoms with van der Waals surface area (Å²) in [5, 5.41) is 1.63. The van der Waals surface area contributed by atoms with Crippen LogP contribution in [0.1, 0.15) is 29.0 Å². The standard InChI is InChI=1S/C21H21NO4S/c1-14-2-6-16(7-3-14)17(10-11-23)13-26-18-8-4-15(5-9-18)12-19-20(24)22-21(25)27-19/h2-9,11,17,19H,10,12-13H2,1H3,(H,22,24,25). The lowest BCUT2D eigenvalue weighted by atomic mass is 9.96. The van der Waals surface area contributed by atoms with Crippen molar-refractivity contribution in [1.82, 2.24) is 5.32 Å². The molecule has 1 aliphatic rings. The minimum absolute atomic E-state index is 0.00683. The van der Waals surface area contributed by atoms with Gasteiger partial charge in [0.05, 0.1) is 11.9 Å². The number of aldehydes is 1. The number of carbonyl (C=O) groups excluding carboxylic acids is 3. The van der Waals surface area contributed by atoms with Crippen molar-refractivity contribution in [2.24, 2.45) is 0 Å². The van der Waals surface area contributed by atoms with E-state index in [9.17, 15) is 14.4 Å². The average Bonchev–Trinajstić information content (AvgIpc) is 2.97. The zero-order valence-corrected chi connectivity index (χ0v) is 15.8. The van der Waals surface area contributed by atoms with Crippen molar-refractivity contribution in [2.45, 2.75) is 30.9 Å². The van der Waals surface area contributed by atoms with E-state index in [4.69, 9.17) is 4.74 Å². The van der Waals surface area contributed by atoms with Gasteiger partial charge in [0, 0.05) is 12.3 Å². The van der Waals surface area contributed by atoms with Gasteiger partial charge in [-0.2, -0.15) is 0 Å². The maximum atomic E-state index is 11.6. The first-order valence-electron chi connectivity index (χ1n) is 8.78. The fraction of sp³-hybridized carbons (Fsp3) is 0.286. The third-order valence-electron chi connectivity index (χ3n) is 4.49. The molecule has 2 aromatic carbocycles. The van der Waals surface area contributed by atoms with E-state index in [0.717, 1.165) is 29.2 Å². The summed E-state index contributed by atoms with van der Waals surface area (Å²) in [6, 6.07) is 15.6. The van der Waals surface area contributed by atoms with Crippen LogP contribution in [0.25, 0.3) is 0 Å². The fourth-order valence-electron chi connectivity index (χ4n) is 2.92. The van der Waals surface area contributed by atoms with Crippen LogP contribution in [0.4, 0.5) is 4.79 Å². The van der Waals surface area contributed by atoms with Gasteiger partial charge in [0.2, 0.25) is 5.91 Å². The molecule has 1 N–H and O–H groups in total. The quantitative estimate of drug-likeness (QED) is 0.705. The van der Waals surface area contributed by atoms with Crippen molar-refractivity contribution in [3.8, 4) is 5.75 Å². The fourth-order valence-corrected chi connectivity index (χ4v) is 3.78. The minimum Gasteiger partial charge on any atom is -0.493 e. The maximum Gasteiger partial charge on any atom is 0.286 e. The summed E-state index contributed by atoms with van der Waals surface area (Å²) in [6.45, 7) is 2.44. The van der Waals surface area contributed by atoms with Crippen LogP contribution >= 0.6 is 11.8 Å². The molecule has 0 bridgehead atoms. The van der Waals surface area contributed by atoms with Crippen molar-refractivity contribution in [3.05, 3.63) is 65.2 Å². The predicted molar refractivity (Wildman–Crippen MR) is 105 cm³/mol. The highest BCUT2D eigenvalue weighted by molar-refractivity contribution is 8.15. The molecule has 0 aliphatic carbocycles. The molecule has 1 aliphatic heterocycles. The van der Waals surface area contributed by atoms with E-state index in [2.05, 4.69) is 5.32 Å². The van der Waals surface area contributed by atoms with E-state index in [0.29, 0.717) is 25.2 Å². The Morgan fingerprint density at radius 3 is 2.41 bits per heavy atom. The Labute approximate surface area is 162 Å². The first kappa shape index (κ1) is 19.2. The van der Waals surface area contributed by atoms with Crippen LogP contribution in [-0.2, 0) is 16.0 Å². The molecule has 1 fully saturated rings. The smallest absolute Gasteiger partial charge is 0.286 e.